The fourth-order valence-corrected chi connectivity index (χ4v) is 1.89. The molecule has 0 aliphatic rings. The summed E-state index contributed by atoms with van der Waals surface area (Å²) in [7, 11) is 0. The van der Waals surface area contributed by atoms with E-state index in [0.29, 0.717) is 5.92 Å². The first-order valence-electron chi connectivity index (χ1n) is 6.16. The molecule has 0 aliphatic carbocycles. The Morgan fingerprint density at radius 3 is 2.07 bits per heavy atom. The highest BCUT2D eigenvalue weighted by atomic mass is 14.1. The van der Waals surface area contributed by atoms with Gasteiger partial charge >= 0.3 is 0 Å². The fraction of sp³-hybridized carbons (Fsp3) is 0.600. The minimum atomic E-state index is 0.712. The normalized spacial score (nSPS) is 13.1. The number of hydrogen-bond donors (Lipinski definition) is 0. The van der Waals surface area contributed by atoms with Crippen molar-refractivity contribution in [3.63, 3.8) is 0 Å². The van der Waals surface area contributed by atoms with E-state index in [1.54, 1.807) is 0 Å². The van der Waals surface area contributed by atoms with Gasteiger partial charge in [-0.3, -0.25) is 0 Å². The van der Waals surface area contributed by atoms with Gasteiger partial charge in [0, 0.05) is 0 Å². The van der Waals surface area contributed by atoms with Crippen LogP contribution >= 0.6 is 0 Å². The summed E-state index contributed by atoms with van der Waals surface area (Å²) in [6.07, 6.45) is 4.03. The molecule has 0 spiro atoms. The lowest BCUT2D eigenvalue weighted by Crippen LogP contribution is -1.95. The number of aryl methyl sites for hydroxylation is 1. The topological polar surface area (TPSA) is 0 Å². The highest BCUT2D eigenvalue weighted by Crippen LogP contribution is 2.22. The van der Waals surface area contributed by atoms with Gasteiger partial charge in [-0.25, -0.2) is 0 Å². The second-order valence-electron chi connectivity index (χ2n) is 5.14. The number of benzene rings is 1. The summed E-state index contributed by atoms with van der Waals surface area (Å²) in [5.74, 6) is 1.56. The zero-order chi connectivity index (χ0) is 11.3. The van der Waals surface area contributed by atoms with Gasteiger partial charge in [-0.1, -0.05) is 63.4 Å². The molecule has 84 valence electrons. The molecule has 0 saturated heterocycles. The van der Waals surface area contributed by atoms with Gasteiger partial charge in [-0.2, -0.15) is 0 Å². The average Bonchev–Trinajstić information content (AvgIpc) is 2.18. The van der Waals surface area contributed by atoms with Crippen molar-refractivity contribution in [2.45, 2.75) is 52.9 Å². The van der Waals surface area contributed by atoms with Crippen molar-refractivity contribution in [3.05, 3.63) is 35.4 Å². The van der Waals surface area contributed by atoms with E-state index in [0.717, 1.165) is 5.92 Å². The van der Waals surface area contributed by atoms with E-state index in [4.69, 9.17) is 0 Å². The quantitative estimate of drug-likeness (QED) is 0.638. The van der Waals surface area contributed by atoms with Gasteiger partial charge in [-0.15, -0.1) is 0 Å². The standard InChI is InChI=1S/C15H24/c1-12(2)6-5-7-14(4)15-10-8-13(3)9-11-15/h8-12,14H,5-7H2,1-4H3. The molecule has 0 heteroatoms. The van der Waals surface area contributed by atoms with Gasteiger partial charge < -0.3 is 0 Å². The maximum atomic E-state index is 2.34. The molecule has 0 bridgehead atoms. The molecule has 0 radical (unpaired) electrons. The molecule has 0 N–H and O–H groups in total. The molecular weight excluding hydrogens is 180 g/mol. The molecule has 0 fully saturated rings. The van der Waals surface area contributed by atoms with E-state index in [1.807, 2.05) is 0 Å². The second kappa shape index (κ2) is 5.95. The van der Waals surface area contributed by atoms with Crippen LogP contribution in [0.5, 0.6) is 0 Å². The van der Waals surface area contributed by atoms with Crippen molar-refractivity contribution in [2.75, 3.05) is 0 Å². The maximum Gasteiger partial charge on any atom is -0.0190 e. The van der Waals surface area contributed by atoms with Crippen LogP contribution in [0.1, 0.15) is 57.1 Å². The molecule has 1 aromatic carbocycles. The molecule has 0 amide bonds. The van der Waals surface area contributed by atoms with E-state index < -0.39 is 0 Å². The SMILES string of the molecule is Cc1ccc(C(C)CCCC(C)C)cc1. The summed E-state index contributed by atoms with van der Waals surface area (Å²) in [6.45, 7) is 9.09. The molecule has 1 rings (SSSR count). The van der Waals surface area contributed by atoms with Gasteiger partial charge in [0.2, 0.25) is 0 Å². The minimum Gasteiger partial charge on any atom is -0.0628 e. The maximum absolute atomic E-state index is 2.34. The van der Waals surface area contributed by atoms with Crippen LogP contribution in [0.3, 0.4) is 0 Å². The van der Waals surface area contributed by atoms with E-state index in [2.05, 4.69) is 52.0 Å². The van der Waals surface area contributed by atoms with E-state index in [1.165, 1.54) is 30.4 Å². The van der Waals surface area contributed by atoms with Crippen LogP contribution in [0.15, 0.2) is 24.3 Å². The largest absolute Gasteiger partial charge is 0.0628 e. The van der Waals surface area contributed by atoms with Gasteiger partial charge in [0.15, 0.2) is 0 Å². The molecule has 0 nitrogen and oxygen atoms in total. The third-order valence-electron chi connectivity index (χ3n) is 3.06. The highest BCUT2D eigenvalue weighted by Gasteiger charge is 2.05. The van der Waals surface area contributed by atoms with E-state index in [-0.39, 0.29) is 0 Å². The first-order valence-corrected chi connectivity index (χ1v) is 6.16. The van der Waals surface area contributed by atoms with Crippen molar-refractivity contribution < 1.29 is 0 Å². The Labute approximate surface area is 94.7 Å². The monoisotopic (exact) mass is 204 g/mol. The Morgan fingerprint density at radius 1 is 0.933 bits per heavy atom. The van der Waals surface area contributed by atoms with E-state index in [9.17, 15) is 0 Å². The summed E-state index contributed by atoms with van der Waals surface area (Å²) in [5, 5.41) is 0. The lowest BCUT2D eigenvalue weighted by Gasteiger charge is -2.12. The van der Waals surface area contributed by atoms with Gasteiger partial charge in [0.25, 0.3) is 0 Å². The number of hydrogen-bond acceptors (Lipinski definition) is 0. The van der Waals surface area contributed by atoms with Gasteiger partial charge in [0.05, 0.1) is 0 Å². The van der Waals surface area contributed by atoms with Crippen LogP contribution in [0, 0.1) is 12.8 Å². The lowest BCUT2D eigenvalue weighted by atomic mass is 9.93. The van der Waals surface area contributed by atoms with Gasteiger partial charge in [-0.05, 0) is 30.7 Å². The fourth-order valence-electron chi connectivity index (χ4n) is 1.89. The Balaban J connectivity index is 2.40. The van der Waals surface area contributed by atoms with Crippen LogP contribution in [0.2, 0.25) is 0 Å². The molecule has 15 heavy (non-hydrogen) atoms. The van der Waals surface area contributed by atoms with Crippen molar-refractivity contribution in [3.8, 4) is 0 Å². The van der Waals surface area contributed by atoms with Crippen molar-refractivity contribution in [1.82, 2.24) is 0 Å². The predicted molar refractivity (Wildman–Crippen MR) is 68.3 cm³/mol. The Morgan fingerprint density at radius 2 is 1.53 bits per heavy atom. The predicted octanol–water partition coefficient (Wildman–Crippen LogP) is 4.92. The Kier molecular flexibility index (Phi) is 4.87. The minimum absolute atomic E-state index is 0.712. The molecule has 1 unspecified atom stereocenters. The lowest BCUT2D eigenvalue weighted by molar-refractivity contribution is 0.512. The zero-order valence-corrected chi connectivity index (χ0v) is 10.6. The van der Waals surface area contributed by atoms with Crippen LogP contribution in [-0.4, -0.2) is 0 Å². The van der Waals surface area contributed by atoms with Gasteiger partial charge in [0.1, 0.15) is 0 Å². The smallest absolute Gasteiger partial charge is 0.0190 e. The summed E-state index contributed by atoms with van der Waals surface area (Å²) < 4.78 is 0. The molecule has 0 saturated carbocycles. The molecule has 1 aromatic rings. The highest BCUT2D eigenvalue weighted by molar-refractivity contribution is 5.23. The Bertz CT molecular complexity index is 269. The van der Waals surface area contributed by atoms with Crippen LogP contribution < -0.4 is 0 Å². The molecular formula is C15H24. The first kappa shape index (κ1) is 12.3. The average molecular weight is 204 g/mol. The molecule has 0 aliphatic heterocycles. The summed E-state index contributed by atoms with van der Waals surface area (Å²) in [5.41, 5.74) is 2.84. The van der Waals surface area contributed by atoms with Crippen LogP contribution in [0.4, 0.5) is 0 Å². The molecule has 1 atom stereocenters. The van der Waals surface area contributed by atoms with Crippen molar-refractivity contribution >= 4 is 0 Å². The first-order chi connectivity index (χ1) is 7.09. The summed E-state index contributed by atoms with van der Waals surface area (Å²) >= 11 is 0. The van der Waals surface area contributed by atoms with Crippen LogP contribution in [-0.2, 0) is 0 Å². The third-order valence-corrected chi connectivity index (χ3v) is 3.06. The summed E-state index contributed by atoms with van der Waals surface area (Å²) in [6, 6.07) is 8.98. The van der Waals surface area contributed by atoms with Crippen LogP contribution in [0.25, 0.3) is 0 Å². The zero-order valence-electron chi connectivity index (χ0n) is 10.6. The van der Waals surface area contributed by atoms with Crippen molar-refractivity contribution in [1.29, 1.82) is 0 Å². The second-order valence-corrected chi connectivity index (χ2v) is 5.14. The van der Waals surface area contributed by atoms with Crippen molar-refractivity contribution in [2.24, 2.45) is 5.92 Å². The third kappa shape index (κ3) is 4.51. The summed E-state index contributed by atoms with van der Waals surface area (Å²) in [4.78, 5) is 0. The van der Waals surface area contributed by atoms with E-state index >= 15 is 0 Å². The number of rotatable bonds is 5. The Hall–Kier alpha value is -0.780. The molecule has 0 heterocycles. The molecule has 0 aromatic heterocycles.